The first-order chi connectivity index (χ1) is 11.6. The molecule has 0 fully saturated rings. The van der Waals surface area contributed by atoms with Gasteiger partial charge in [0.2, 0.25) is 0 Å². The van der Waals surface area contributed by atoms with Crippen LogP contribution in [-0.4, -0.2) is 22.6 Å². The van der Waals surface area contributed by atoms with Crippen LogP contribution in [0.4, 0.5) is 0 Å². The predicted octanol–water partition coefficient (Wildman–Crippen LogP) is 2.85. The summed E-state index contributed by atoms with van der Waals surface area (Å²) in [4.78, 5) is 17.1. The van der Waals surface area contributed by atoms with Crippen LogP contribution in [0.3, 0.4) is 0 Å². The number of hydrogen-bond donors (Lipinski definition) is 1. The number of carbonyl (C=O) groups is 1. The van der Waals surface area contributed by atoms with Gasteiger partial charge in [0.05, 0.1) is 18.9 Å². The summed E-state index contributed by atoms with van der Waals surface area (Å²) in [5.74, 6) is 1.76. The summed E-state index contributed by atoms with van der Waals surface area (Å²) in [7, 11) is 3.50. The van der Waals surface area contributed by atoms with Crippen molar-refractivity contribution in [2.45, 2.75) is 13.0 Å². The predicted molar refractivity (Wildman–Crippen MR) is 89.0 cm³/mol. The van der Waals surface area contributed by atoms with Gasteiger partial charge in [-0.15, -0.1) is 0 Å². The highest BCUT2D eigenvalue weighted by Crippen LogP contribution is 2.29. The first-order valence-corrected chi connectivity index (χ1v) is 7.57. The highest BCUT2D eigenvalue weighted by molar-refractivity contribution is 5.95. The van der Waals surface area contributed by atoms with Gasteiger partial charge < -0.3 is 19.0 Å². The van der Waals surface area contributed by atoms with Crippen LogP contribution >= 0.6 is 0 Å². The molecule has 1 atom stereocenters. The topological polar surface area (TPSA) is 69.3 Å². The van der Waals surface area contributed by atoms with Crippen molar-refractivity contribution in [3.05, 3.63) is 71.7 Å². The number of amides is 1. The Bertz CT molecular complexity index is 851. The molecule has 0 spiro atoms. The second kappa shape index (κ2) is 6.62. The number of nitrogens with one attached hydrogen (secondary N) is 1. The Kier molecular flexibility index (Phi) is 4.37. The molecule has 6 nitrogen and oxygen atoms in total. The van der Waals surface area contributed by atoms with Crippen molar-refractivity contribution in [1.29, 1.82) is 0 Å². The minimum Gasteiger partial charge on any atom is -0.496 e. The number of furan rings is 1. The van der Waals surface area contributed by atoms with Crippen LogP contribution in [0.15, 0.2) is 53.4 Å². The first-order valence-electron chi connectivity index (χ1n) is 7.57. The number of para-hydroxylation sites is 1. The van der Waals surface area contributed by atoms with Gasteiger partial charge in [0.15, 0.2) is 0 Å². The van der Waals surface area contributed by atoms with Gasteiger partial charge in [-0.1, -0.05) is 18.2 Å². The molecule has 0 unspecified atom stereocenters. The van der Waals surface area contributed by atoms with Crippen molar-refractivity contribution in [1.82, 2.24) is 14.9 Å². The quantitative estimate of drug-likeness (QED) is 0.783. The lowest BCUT2D eigenvalue weighted by molar-refractivity contribution is 0.0939. The maximum absolute atomic E-state index is 12.7. The Balaban J connectivity index is 2.02. The van der Waals surface area contributed by atoms with E-state index in [-0.39, 0.29) is 5.91 Å². The molecule has 0 bridgehead atoms. The molecular weight excluding hydrogens is 306 g/mol. The van der Waals surface area contributed by atoms with Gasteiger partial charge in [-0.25, -0.2) is 4.98 Å². The highest BCUT2D eigenvalue weighted by atomic mass is 16.5. The summed E-state index contributed by atoms with van der Waals surface area (Å²) in [6, 6.07) is 8.79. The highest BCUT2D eigenvalue weighted by Gasteiger charge is 2.25. The molecule has 0 saturated heterocycles. The Morgan fingerprint density at radius 3 is 2.75 bits per heavy atom. The number of aromatic nitrogens is 2. The van der Waals surface area contributed by atoms with Crippen molar-refractivity contribution < 1.29 is 13.9 Å². The van der Waals surface area contributed by atoms with E-state index in [1.165, 1.54) is 6.26 Å². The SMILES string of the molecule is COc1ccccc1[C@@H](NC(=O)c1ccoc1C)c1nccn1C. The molecule has 0 radical (unpaired) electrons. The average molecular weight is 325 g/mol. The molecule has 0 saturated carbocycles. The zero-order valence-corrected chi connectivity index (χ0v) is 13.8. The summed E-state index contributed by atoms with van der Waals surface area (Å²) in [6.45, 7) is 1.76. The monoisotopic (exact) mass is 325 g/mol. The van der Waals surface area contributed by atoms with E-state index < -0.39 is 6.04 Å². The summed E-state index contributed by atoms with van der Waals surface area (Å²) in [5.41, 5.74) is 1.34. The molecule has 24 heavy (non-hydrogen) atoms. The van der Waals surface area contributed by atoms with E-state index in [2.05, 4.69) is 10.3 Å². The third-order valence-electron chi connectivity index (χ3n) is 3.95. The van der Waals surface area contributed by atoms with Crippen molar-refractivity contribution in [3.8, 4) is 5.75 Å². The fraction of sp³-hybridized carbons (Fsp3) is 0.222. The number of carbonyl (C=O) groups excluding carboxylic acids is 1. The van der Waals surface area contributed by atoms with Gasteiger partial charge in [0.25, 0.3) is 5.91 Å². The second-order valence-electron chi connectivity index (χ2n) is 5.44. The Morgan fingerprint density at radius 1 is 1.33 bits per heavy atom. The van der Waals surface area contributed by atoms with Crippen LogP contribution in [0.1, 0.15) is 33.5 Å². The molecule has 1 amide bonds. The summed E-state index contributed by atoms with van der Waals surface area (Å²) in [6.07, 6.45) is 5.04. The number of aryl methyl sites for hydroxylation is 2. The normalized spacial score (nSPS) is 12.0. The van der Waals surface area contributed by atoms with Gasteiger partial charge in [0, 0.05) is 25.0 Å². The fourth-order valence-electron chi connectivity index (χ4n) is 2.67. The molecule has 3 aromatic rings. The molecule has 0 aliphatic heterocycles. The zero-order chi connectivity index (χ0) is 17.1. The first kappa shape index (κ1) is 15.9. The molecular formula is C18H19N3O3. The van der Waals surface area contributed by atoms with Crippen molar-refractivity contribution in [2.75, 3.05) is 7.11 Å². The molecule has 2 heterocycles. The zero-order valence-electron chi connectivity index (χ0n) is 13.8. The number of benzene rings is 1. The lowest BCUT2D eigenvalue weighted by Crippen LogP contribution is -2.31. The molecule has 2 aromatic heterocycles. The maximum atomic E-state index is 12.7. The van der Waals surface area contributed by atoms with Gasteiger partial charge >= 0.3 is 0 Å². The minimum atomic E-state index is -0.442. The lowest BCUT2D eigenvalue weighted by Gasteiger charge is -2.21. The van der Waals surface area contributed by atoms with E-state index in [4.69, 9.17) is 9.15 Å². The van der Waals surface area contributed by atoms with Gasteiger partial charge in [-0.2, -0.15) is 0 Å². The molecule has 0 aliphatic rings. The van der Waals surface area contributed by atoms with Crippen molar-refractivity contribution in [2.24, 2.45) is 7.05 Å². The van der Waals surface area contributed by atoms with Crippen molar-refractivity contribution in [3.63, 3.8) is 0 Å². The number of ether oxygens (including phenoxy) is 1. The molecule has 3 rings (SSSR count). The van der Waals surface area contributed by atoms with Crippen LogP contribution < -0.4 is 10.1 Å². The molecule has 0 aliphatic carbocycles. The number of rotatable bonds is 5. The smallest absolute Gasteiger partial charge is 0.255 e. The molecule has 124 valence electrons. The van der Waals surface area contributed by atoms with E-state index in [1.54, 1.807) is 26.3 Å². The molecule has 6 heteroatoms. The number of nitrogens with zero attached hydrogens (tertiary/aromatic N) is 2. The van der Waals surface area contributed by atoms with Crippen molar-refractivity contribution >= 4 is 5.91 Å². The minimum absolute atomic E-state index is 0.222. The van der Waals surface area contributed by atoms with E-state index in [1.807, 2.05) is 42.1 Å². The average Bonchev–Trinajstić information content (AvgIpc) is 3.21. The second-order valence-corrected chi connectivity index (χ2v) is 5.44. The summed E-state index contributed by atoms with van der Waals surface area (Å²) in [5, 5.41) is 3.03. The van der Waals surface area contributed by atoms with Crippen LogP contribution in [0.5, 0.6) is 5.75 Å². The summed E-state index contributed by atoms with van der Waals surface area (Å²) < 4.78 is 12.6. The summed E-state index contributed by atoms with van der Waals surface area (Å²) >= 11 is 0. The van der Waals surface area contributed by atoms with Gasteiger partial charge in [-0.3, -0.25) is 4.79 Å². The van der Waals surface area contributed by atoms with E-state index in [9.17, 15) is 4.79 Å². The van der Waals surface area contributed by atoms with Gasteiger partial charge in [0.1, 0.15) is 23.4 Å². The Hall–Kier alpha value is -3.02. The molecule has 1 N–H and O–H groups in total. The Morgan fingerprint density at radius 2 is 2.12 bits per heavy atom. The van der Waals surface area contributed by atoms with Crippen LogP contribution in [0.25, 0.3) is 0 Å². The number of imidazole rings is 1. The maximum Gasteiger partial charge on any atom is 0.255 e. The van der Waals surface area contributed by atoms with E-state index >= 15 is 0 Å². The van der Waals surface area contributed by atoms with E-state index in [0.717, 1.165) is 5.56 Å². The third-order valence-corrected chi connectivity index (χ3v) is 3.95. The number of methoxy groups -OCH3 is 1. The number of hydrogen-bond acceptors (Lipinski definition) is 4. The third kappa shape index (κ3) is 2.90. The van der Waals surface area contributed by atoms with Gasteiger partial charge in [-0.05, 0) is 19.1 Å². The van der Waals surface area contributed by atoms with E-state index in [0.29, 0.717) is 22.9 Å². The lowest BCUT2D eigenvalue weighted by atomic mass is 10.0. The Labute approximate surface area is 140 Å². The molecule has 1 aromatic carbocycles. The largest absolute Gasteiger partial charge is 0.496 e. The fourth-order valence-corrected chi connectivity index (χ4v) is 2.67. The van der Waals surface area contributed by atoms with Crippen LogP contribution in [-0.2, 0) is 7.05 Å². The van der Waals surface area contributed by atoms with Crippen LogP contribution in [0.2, 0.25) is 0 Å². The van der Waals surface area contributed by atoms with Crippen LogP contribution in [0, 0.1) is 6.92 Å². The standard InChI is InChI=1S/C18H19N3O3/c1-12-13(8-11-24-12)18(22)20-16(17-19-9-10-21(17)2)14-6-4-5-7-15(14)23-3/h4-11,16H,1-3H3,(H,20,22)/t16-/m1/s1.